The normalized spacial score (nSPS) is 18.4. The van der Waals surface area contributed by atoms with Crippen molar-refractivity contribution < 1.29 is 9.59 Å². The van der Waals surface area contributed by atoms with Gasteiger partial charge < -0.3 is 10.6 Å². The maximum Gasteiger partial charge on any atom is 0.271 e. The van der Waals surface area contributed by atoms with Crippen molar-refractivity contribution in [3.05, 3.63) is 59.5 Å². The monoisotopic (exact) mass is 447 g/mol. The quantitative estimate of drug-likeness (QED) is 0.565. The van der Waals surface area contributed by atoms with E-state index in [9.17, 15) is 9.59 Å². The SMILES string of the molecule is CCn1ccc(C(=O)NCC2CCC(c3cc(C(=O)NC(C)C)c4ccccc4n3)CC2)n1. The van der Waals surface area contributed by atoms with Gasteiger partial charge in [0.05, 0.1) is 11.1 Å². The van der Waals surface area contributed by atoms with E-state index >= 15 is 0 Å². The minimum absolute atomic E-state index is 0.0493. The number of aromatic nitrogens is 3. The summed E-state index contributed by atoms with van der Waals surface area (Å²) in [4.78, 5) is 30.1. The number of pyridine rings is 1. The predicted octanol–water partition coefficient (Wildman–Crippen LogP) is 4.29. The van der Waals surface area contributed by atoms with Crippen molar-refractivity contribution in [2.75, 3.05) is 6.54 Å². The number of benzene rings is 1. The first kappa shape index (κ1) is 23.0. The molecule has 0 saturated heterocycles. The lowest BCUT2D eigenvalue weighted by Gasteiger charge is -2.28. The molecule has 0 atom stereocenters. The third-order valence-corrected chi connectivity index (χ3v) is 6.41. The van der Waals surface area contributed by atoms with Crippen molar-refractivity contribution in [3.8, 4) is 0 Å². The van der Waals surface area contributed by atoms with E-state index in [0.717, 1.165) is 48.8 Å². The average Bonchev–Trinajstić information content (AvgIpc) is 3.31. The number of para-hydroxylation sites is 1. The zero-order chi connectivity index (χ0) is 23.4. The van der Waals surface area contributed by atoms with Crippen LogP contribution in [0.4, 0.5) is 0 Å². The van der Waals surface area contributed by atoms with E-state index in [-0.39, 0.29) is 17.9 Å². The number of nitrogens with zero attached hydrogens (tertiary/aromatic N) is 3. The van der Waals surface area contributed by atoms with E-state index in [1.54, 1.807) is 10.7 Å². The average molecular weight is 448 g/mol. The van der Waals surface area contributed by atoms with E-state index in [1.807, 2.05) is 57.3 Å². The molecule has 0 bridgehead atoms. The Morgan fingerprint density at radius 3 is 2.55 bits per heavy atom. The second kappa shape index (κ2) is 10.1. The van der Waals surface area contributed by atoms with Gasteiger partial charge in [-0.05, 0) is 70.6 Å². The van der Waals surface area contributed by atoms with Gasteiger partial charge in [0.2, 0.25) is 0 Å². The molecule has 2 N–H and O–H groups in total. The molecule has 0 spiro atoms. The first-order valence-corrected chi connectivity index (χ1v) is 12.0. The second-order valence-electron chi connectivity index (χ2n) is 9.22. The molecule has 1 fully saturated rings. The van der Waals surface area contributed by atoms with Gasteiger partial charge >= 0.3 is 0 Å². The fraction of sp³-hybridized carbons (Fsp3) is 0.462. The largest absolute Gasteiger partial charge is 0.350 e. The lowest BCUT2D eigenvalue weighted by Crippen LogP contribution is -2.32. The Hall–Kier alpha value is -3.22. The number of carbonyl (C=O) groups is 2. The Labute approximate surface area is 195 Å². The van der Waals surface area contributed by atoms with Gasteiger partial charge in [0, 0.05) is 42.3 Å². The van der Waals surface area contributed by atoms with Crippen LogP contribution < -0.4 is 10.6 Å². The van der Waals surface area contributed by atoms with E-state index < -0.39 is 0 Å². The van der Waals surface area contributed by atoms with Crippen LogP contribution in [0.15, 0.2) is 42.6 Å². The van der Waals surface area contributed by atoms with Crippen LogP contribution in [-0.4, -0.2) is 39.2 Å². The van der Waals surface area contributed by atoms with Gasteiger partial charge in [0.15, 0.2) is 0 Å². The number of amides is 2. The standard InChI is InChI=1S/C26H33N5O2/c1-4-31-14-13-23(30-31)26(33)27-16-18-9-11-19(12-10-18)24-15-21(25(32)28-17(2)3)20-7-5-6-8-22(20)29-24/h5-8,13-15,17-19H,4,9-12,16H2,1-3H3,(H,27,33)(H,28,32). The molecule has 0 unspecified atom stereocenters. The van der Waals surface area contributed by atoms with Crippen LogP contribution >= 0.6 is 0 Å². The lowest BCUT2D eigenvalue weighted by molar-refractivity contribution is 0.0932. The van der Waals surface area contributed by atoms with E-state index in [2.05, 4.69) is 15.7 Å². The van der Waals surface area contributed by atoms with Crippen LogP contribution in [-0.2, 0) is 6.54 Å². The van der Waals surface area contributed by atoms with Crippen molar-refractivity contribution in [2.24, 2.45) is 5.92 Å². The molecule has 0 radical (unpaired) electrons. The van der Waals surface area contributed by atoms with Crippen molar-refractivity contribution >= 4 is 22.7 Å². The van der Waals surface area contributed by atoms with Gasteiger partial charge in [0.1, 0.15) is 5.69 Å². The Morgan fingerprint density at radius 1 is 1.09 bits per heavy atom. The maximum absolute atomic E-state index is 12.9. The summed E-state index contributed by atoms with van der Waals surface area (Å²) in [7, 11) is 0. The van der Waals surface area contributed by atoms with E-state index in [1.165, 1.54) is 0 Å². The molecule has 174 valence electrons. The summed E-state index contributed by atoms with van der Waals surface area (Å²) in [5.41, 5.74) is 3.03. The van der Waals surface area contributed by atoms with Crippen LogP contribution in [0.25, 0.3) is 10.9 Å². The number of hydrogen-bond donors (Lipinski definition) is 2. The molecule has 4 rings (SSSR count). The summed E-state index contributed by atoms with van der Waals surface area (Å²) in [6, 6.07) is 11.7. The minimum Gasteiger partial charge on any atom is -0.350 e. The van der Waals surface area contributed by atoms with Crippen LogP contribution in [0.5, 0.6) is 0 Å². The highest BCUT2D eigenvalue weighted by atomic mass is 16.2. The van der Waals surface area contributed by atoms with Gasteiger partial charge in [-0.25, -0.2) is 0 Å². The van der Waals surface area contributed by atoms with Crippen molar-refractivity contribution in [1.82, 2.24) is 25.4 Å². The molecule has 0 aliphatic heterocycles. The predicted molar refractivity (Wildman–Crippen MR) is 129 cm³/mol. The maximum atomic E-state index is 12.9. The zero-order valence-electron chi connectivity index (χ0n) is 19.7. The fourth-order valence-corrected chi connectivity index (χ4v) is 4.58. The summed E-state index contributed by atoms with van der Waals surface area (Å²) in [5, 5.41) is 11.2. The van der Waals surface area contributed by atoms with Crippen LogP contribution in [0.1, 0.15) is 78.9 Å². The van der Waals surface area contributed by atoms with Crippen LogP contribution in [0, 0.1) is 5.92 Å². The fourth-order valence-electron chi connectivity index (χ4n) is 4.58. The Balaban J connectivity index is 1.40. The van der Waals surface area contributed by atoms with E-state index in [4.69, 9.17) is 4.98 Å². The van der Waals surface area contributed by atoms with Crippen molar-refractivity contribution in [1.29, 1.82) is 0 Å². The molecule has 3 aromatic rings. The van der Waals surface area contributed by atoms with Crippen molar-refractivity contribution in [2.45, 2.75) is 65.0 Å². The molecule has 7 heteroatoms. The molecule has 33 heavy (non-hydrogen) atoms. The Morgan fingerprint density at radius 2 is 1.85 bits per heavy atom. The first-order chi connectivity index (χ1) is 15.9. The van der Waals surface area contributed by atoms with E-state index in [0.29, 0.717) is 29.6 Å². The number of rotatable bonds is 7. The van der Waals surface area contributed by atoms with Gasteiger partial charge in [-0.3, -0.25) is 19.3 Å². The molecule has 1 aromatic carbocycles. The summed E-state index contributed by atoms with van der Waals surface area (Å²) in [5.74, 6) is 0.614. The molecular formula is C26H33N5O2. The van der Waals surface area contributed by atoms with Gasteiger partial charge in [0.25, 0.3) is 11.8 Å². The molecule has 1 aliphatic carbocycles. The molecule has 7 nitrogen and oxygen atoms in total. The van der Waals surface area contributed by atoms with Gasteiger partial charge in [-0.2, -0.15) is 5.10 Å². The second-order valence-corrected chi connectivity index (χ2v) is 9.22. The highest BCUT2D eigenvalue weighted by Crippen LogP contribution is 2.36. The highest BCUT2D eigenvalue weighted by molar-refractivity contribution is 6.06. The van der Waals surface area contributed by atoms with Gasteiger partial charge in [-0.15, -0.1) is 0 Å². The third-order valence-electron chi connectivity index (χ3n) is 6.41. The number of nitrogens with one attached hydrogen (secondary N) is 2. The number of carbonyl (C=O) groups excluding carboxylic acids is 2. The zero-order valence-corrected chi connectivity index (χ0v) is 19.7. The molecule has 2 amide bonds. The minimum atomic E-state index is -0.110. The Bertz CT molecular complexity index is 1130. The number of hydrogen-bond acceptors (Lipinski definition) is 4. The summed E-state index contributed by atoms with van der Waals surface area (Å²) >= 11 is 0. The lowest BCUT2D eigenvalue weighted by atomic mass is 9.80. The number of aryl methyl sites for hydroxylation is 1. The molecule has 2 aromatic heterocycles. The molecule has 1 saturated carbocycles. The summed E-state index contributed by atoms with van der Waals surface area (Å²) in [6.45, 7) is 7.35. The molecular weight excluding hydrogens is 414 g/mol. The summed E-state index contributed by atoms with van der Waals surface area (Å²) < 4.78 is 1.76. The van der Waals surface area contributed by atoms with Gasteiger partial charge in [-0.1, -0.05) is 18.2 Å². The van der Waals surface area contributed by atoms with Crippen LogP contribution in [0.3, 0.4) is 0 Å². The Kier molecular flexibility index (Phi) is 7.06. The molecule has 2 heterocycles. The number of fused-ring (bicyclic) bond motifs is 1. The topological polar surface area (TPSA) is 88.9 Å². The first-order valence-electron chi connectivity index (χ1n) is 12.0. The summed E-state index contributed by atoms with van der Waals surface area (Å²) in [6.07, 6.45) is 5.88. The smallest absolute Gasteiger partial charge is 0.271 e. The third kappa shape index (κ3) is 5.41. The highest BCUT2D eigenvalue weighted by Gasteiger charge is 2.25. The van der Waals surface area contributed by atoms with Crippen LogP contribution in [0.2, 0.25) is 0 Å². The molecule has 1 aliphatic rings. The van der Waals surface area contributed by atoms with Crippen molar-refractivity contribution in [3.63, 3.8) is 0 Å².